The molecule has 0 saturated heterocycles. The van der Waals surface area contributed by atoms with Crippen LogP contribution in [0.15, 0.2) is 29.1 Å². The second-order valence-electron chi connectivity index (χ2n) is 6.76. The van der Waals surface area contributed by atoms with Gasteiger partial charge >= 0.3 is 0 Å². The molecule has 0 aliphatic heterocycles. The molecule has 0 fully saturated rings. The molecule has 1 N–H and O–H groups in total. The monoisotopic (exact) mass is 368 g/mol. The van der Waals surface area contributed by atoms with Crippen molar-refractivity contribution < 1.29 is 14.6 Å². The van der Waals surface area contributed by atoms with Crippen LogP contribution in [-0.2, 0) is 0 Å². The number of benzene rings is 1. The molecule has 142 valence electrons. The Morgan fingerprint density at radius 2 is 1.85 bits per heavy atom. The molecule has 6 nitrogen and oxygen atoms in total. The van der Waals surface area contributed by atoms with Crippen LogP contribution in [0.4, 0.5) is 0 Å². The van der Waals surface area contributed by atoms with E-state index in [0.29, 0.717) is 17.7 Å². The number of ketones is 1. The minimum atomic E-state index is -0.584. The number of ether oxygens (including phenoxy) is 1. The van der Waals surface area contributed by atoms with Crippen LogP contribution >= 0.6 is 0 Å². The molecule has 2 aromatic rings. The summed E-state index contributed by atoms with van der Waals surface area (Å²) >= 11 is 0. The zero-order valence-electron chi connectivity index (χ0n) is 16.2. The van der Waals surface area contributed by atoms with Gasteiger partial charge in [-0.2, -0.15) is 5.26 Å². The molecular weight excluding hydrogens is 344 g/mol. The number of carbonyl (C=O) groups excluding carboxylic acids is 1. The summed E-state index contributed by atoms with van der Waals surface area (Å²) < 4.78 is 6.69. The Hall–Kier alpha value is -3.07. The van der Waals surface area contributed by atoms with E-state index < -0.39 is 17.2 Å². The number of nitrogens with zero attached hydrogens (tertiary/aromatic N) is 2. The zero-order valence-corrected chi connectivity index (χ0v) is 16.2. The molecule has 27 heavy (non-hydrogen) atoms. The first-order valence-electron chi connectivity index (χ1n) is 8.92. The first-order valence-corrected chi connectivity index (χ1v) is 8.92. The predicted molar refractivity (Wildman–Crippen MR) is 102 cm³/mol. The fraction of sp³-hybridized carbons (Fsp3) is 0.381. The van der Waals surface area contributed by atoms with E-state index in [9.17, 15) is 20.0 Å². The van der Waals surface area contributed by atoms with Gasteiger partial charge < -0.3 is 9.84 Å². The highest BCUT2D eigenvalue weighted by Gasteiger charge is 2.26. The van der Waals surface area contributed by atoms with E-state index in [1.54, 1.807) is 31.2 Å². The summed E-state index contributed by atoms with van der Waals surface area (Å²) in [7, 11) is 0. The van der Waals surface area contributed by atoms with Crippen LogP contribution in [0.3, 0.4) is 0 Å². The van der Waals surface area contributed by atoms with Crippen LogP contribution in [0.1, 0.15) is 67.2 Å². The van der Waals surface area contributed by atoms with Crippen LogP contribution < -0.4 is 10.3 Å². The number of carbonyl (C=O) groups is 1. The molecule has 0 amide bonds. The third-order valence-corrected chi connectivity index (χ3v) is 4.49. The maximum Gasteiger partial charge on any atom is 0.271 e. The van der Waals surface area contributed by atoms with Crippen molar-refractivity contribution in [2.45, 2.75) is 53.2 Å². The largest absolute Gasteiger partial charge is 0.494 e. The van der Waals surface area contributed by atoms with E-state index in [-0.39, 0.29) is 28.8 Å². The first-order chi connectivity index (χ1) is 12.7. The van der Waals surface area contributed by atoms with Crippen molar-refractivity contribution in [1.82, 2.24) is 4.57 Å². The Morgan fingerprint density at radius 1 is 1.26 bits per heavy atom. The number of pyridine rings is 1. The standard InChI is InChI=1S/C21H24N2O4/c1-6-13(4)23-20(25)17(11-22)14(5)18(21(23)26)19(24)15-7-9-16(10-8-15)27-12(2)3/h7-10,12-13,26H,6H2,1-5H3. The van der Waals surface area contributed by atoms with Crippen molar-refractivity contribution in [2.75, 3.05) is 0 Å². The average Bonchev–Trinajstić information content (AvgIpc) is 2.61. The number of hydrogen-bond donors (Lipinski definition) is 1. The fourth-order valence-electron chi connectivity index (χ4n) is 2.89. The number of aromatic hydroxyl groups is 1. The van der Waals surface area contributed by atoms with Crippen LogP contribution in [0.2, 0.25) is 0 Å². The summed E-state index contributed by atoms with van der Waals surface area (Å²) in [6.45, 7) is 8.93. The van der Waals surface area contributed by atoms with Gasteiger partial charge in [0.15, 0.2) is 5.78 Å². The minimum absolute atomic E-state index is 0.00937. The van der Waals surface area contributed by atoms with E-state index >= 15 is 0 Å². The highest BCUT2D eigenvalue weighted by atomic mass is 16.5. The lowest BCUT2D eigenvalue weighted by Crippen LogP contribution is -2.28. The topological polar surface area (TPSA) is 92.3 Å². The van der Waals surface area contributed by atoms with E-state index in [4.69, 9.17) is 4.74 Å². The number of nitriles is 1. The zero-order chi connectivity index (χ0) is 20.3. The molecule has 2 rings (SSSR count). The third kappa shape index (κ3) is 3.87. The van der Waals surface area contributed by atoms with Crippen LogP contribution in [0.25, 0.3) is 0 Å². The van der Waals surface area contributed by atoms with E-state index in [1.165, 1.54) is 6.92 Å². The smallest absolute Gasteiger partial charge is 0.271 e. The lowest BCUT2D eigenvalue weighted by Gasteiger charge is -2.19. The van der Waals surface area contributed by atoms with Gasteiger partial charge in [0.05, 0.1) is 11.7 Å². The Kier molecular flexibility index (Phi) is 6.06. The summed E-state index contributed by atoms with van der Waals surface area (Å²) in [6.07, 6.45) is 0.575. The highest BCUT2D eigenvalue weighted by Crippen LogP contribution is 2.28. The molecule has 1 heterocycles. The molecule has 1 unspecified atom stereocenters. The molecule has 0 bridgehead atoms. The van der Waals surface area contributed by atoms with Gasteiger partial charge in [-0.3, -0.25) is 14.2 Å². The van der Waals surface area contributed by atoms with Gasteiger partial charge in [-0.15, -0.1) is 0 Å². The van der Waals surface area contributed by atoms with E-state index in [0.717, 1.165) is 4.57 Å². The quantitative estimate of drug-likeness (QED) is 0.785. The highest BCUT2D eigenvalue weighted by molar-refractivity contribution is 6.11. The Labute approximate surface area is 158 Å². The van der Waals surface area contributed by atoms with Crippen molar-refractivity contribution in [1.29, 1.82) is 5.26 Å². The summed E-state index contributed by atoms with van der Waals surface area (Å²) in [5.74, 6) is -0.224. The SMILES string of the molecule is CCC(C)n1c(O)c(C(=O)c2ccc(OC(C)C)cc2)c(C)c(C#N)c1=O. The number of rotatable bonds is 6. The van der Waals surface area contributed by atoms with Crippen molar-refractivity contribution in [3.63, 3.8) is 0 Å². The Balaban J connectivity index is 2.62. The fourth-order valence-corrected chi connectivity index (χ4v) is 2.89. The van der Waals surface area contributed by atoms with Crippen molar-refractivity contribution in [2.24, 2.45) is 0 Å². The molecular formula is C21H24N2O4. The maximum absolute atomic E-state index is 13.0. The lowest BCUT2D eigenvalue weighted by atomic mass is 9.96. The molecule has 1 aromatic carbocycles. The number of hydrogen-bond acceptors (Lipinski definition) is 5. The Morgan fingerprint density at radius 3 is 2.33 bits per heavy atom. The first kappa shape index (κ1) is 20.2. The lowest BCUT2D eigenvalue weighted by molar-refractivity contribution is 0.103. The van der Waals surface area contributed by atoms with E-state index in [1.807, 2.05) is 26.8 Å². The molecule has 6 heteroatoms. The van der Waals surface area contributed by atoms with Gasteiger partial charge in [-0.25, -0.2) is 0 Å². The summed E-state index contributed by atoms with van der Waals surface area (Å²) in [4.78, 5) is 25.6. The molecule has 0 saturated carbocycles. The Bertz CT molecular complexity index is 950. The summed E-state index contributed by atoms with van der Waals surface area (Å²) in [5, 5.41) is 20.1. The maximum atomic E-state index is 13.0. The van der Waals surface area contributed by atoms with Crippen molar-refractivity contribution >= 4 is 5.78 Å². The van der Waals surface area contributed by atoms with Crippen molar-refractivity contribution in [3.05, 3.63) is 56.9 Å². The van der Waals surface area contributed by atoms with Crippen LogP contribution in [0, 0.1) is 18.3 Å². The normalized spacial score (nSPS) is 11.9. The minimum Gasteiger partial charge on any atom is -0.494 e. The van der Waals surface area contributed by atoms with Gasteiger partial charge in [0, 0.05) is 11.6 Å². The molecule has 0 radical (unpaired) electrons. The second-order valence-corrected chi connectivity index (χ2v) is 6.76. The third-order valence-electron chi connectivity index (χ3n) is 4.49. The van der Waals surface area contributed by atoms with Crippen LogP contribution in [0.5, 0.6) is 11.6 Å². The predicted octanol–water partition coefficient (Wildman–Crippen LogP) is 3.72. The van der Waals surface area contributed by atoms with Gasteiger partial charge in [0.1, 0.15) is 17.4 Å². The second kappa shape index (κ2) is 8.09. The summed E-state index contributed by atoms with van der Waals surface area (Å²) in [5.41, 5.74) is -0.214. The van der Waals surface area contributed by atoms with Gasteiger partial charge in [0.2, 0.25) is 5.88 Å². The van der Waals surface area contributed by atoms with Crippen LogP contribution in [-0.4, -0.2) is 21.6 Å². The molecule has 0 aliphatic carbocycles. The molecule has 1 atom stereocenters. The van der Waals surface area contributed by atoms with Gasteiger partial charge in [-0.1, -0.05) is 6.92 Å². The van der Waals surface area contributed by atoms with E-state index in [2.05, 4.69) is 0 Å². The van der Waals surface area contributed by atoms with Crippen molar-refractivity contribution in [3.8, 4) is 17.7 Å². The summed E-state index contributed by atoms with van der Waals surface area (Å²) in [6, 6.07) is 8.08. The molecule has 0 aliphatic rings. The molecule has 0 spiro atoms. The number of aromatic nitrogens is 1. The van der Waals surface area contributed by atoms with Gasteiger partial charge in [0.25, 0.3) is 5.56 Å². The van der Waals surface area contributed by atoms with Gasteiger partial charge in [-0.05, 0) is 63.9 Å². The average molecular weight is 368 g/mol. The molecule has 1 aromatic heterocycles.